The maximum absolute atomic E-state index is 13.0. The zero-order chi connectivity index (χ0) is 22.0. The molecule has 0 atom stereocenters. The molecule has 8 nitrogen and oxygen atoms in total. The molecule has 0 aliphatic rings. The van der Waals surface area contributed by atoms with E-state index < -0.39 is 11.5 Å². The number of methoxy groups -OCH3 is 3. The van der Waals surface area contributed by atoms with Crippen LogP contribution in [0.4, 0.5) is 5.69 Å². The second kappa shape index (κ2) is 8.44. The highest BCUT2D eigenvalue weighted by molar-refractivity contribution is 6.04. The van der Waals surface area contributed by atoms with Gasteiger partial charge < -0.3 is 24.1 Å². The number of hydrogen-bond donors (Lipinski definition) is 1. The maximum atomic E-state index is 13.0. The van der Waals surface area contributed by atoms with Crippen molar-refractivity contribution in [1.82, 2.24) is 9.55 Å². The molecule has 30 heavy (non-hydrogen) atoms. The fraction of sp³-hybridized carbons (Fsp3) is 0.318. The van der Waals surface area contributed by atoms with E-state index in [1.165, 1.54) is 21.3 Å². The van der Waals surface area contributed by atoms with Crippen molar-refractivity contribution in [2.75, 3.05) is 26.6 Å². The number of benzene rings is 2. The molecule has 0 unspecified atom stereocenters. The highest BCUT2D eigenvalue weighted by Gasteiger charge is 2.20. The van der Waals surface area contributed by atoms with E-state index >= 15 is 0 Å². The smallest absolute Gasteiger partial charge is 0.282 e. The summed E-state index contributed by atoms with van der Waals surface area (Å²) >= 11 is 0. The number of ether oxygens (including phenoxy) is 3. The number of anilines is 1. The molecule has 0 aliphatic heterocycles. The van der Waals surface area contributed by atoms with Gasteiger partial charge in [-0.3, -0.25) is 9.59 Å². The summed E-state index contributed by atoms with van der Waals surface area (Å²) in [5, 5.41) is 2.71. The molecular weight excluding hydrogens is 386 g/mol. The Morgan fingerprint density at radius 3 is 2.13 bits per heavy atom. The largest absolute Gasteiger partial charge is 0.493 e. The van der Waals surface area contributed by atoms with Gasteiger partial charge in [0.2, 0.25) is 5.75 Å². The van der Waals surface area contributed by atoms with Gasteiger partial charge in [0.05, 0.1) is 32.4 Å². The molecule has 1 aromatic heterocycles. The second-order valence-corrected chi connectivity index (χ2v) is 6.80. The average molecular weight is 411 g/mol. The first-order valence-corrected chi connectivity index (χ1v) is 9.47. The predicted octanol–water partition coefficient (Wildman–Crippen LogP) is 3.31. The molecule has 1 N–H and O–H groups in total. The Morgan fingerprint density at radius 2 is 1.60 bits per heavy atom. The van der Waals surface area contributed by atoms with Crippen LogP contribution in [0, 0.1) is 13.8 Å². The van der Waals surface area contributed by atoms with Crippen LogP contribution in [-0.4, -0.2) is 36.8 Å². The molecule has 1 amide bonds. The SMILES string of the molecule is CCn1c(=O)c(C(=O)Nc2cc(OC)c(OC)c(OC)c2)nc2cc(C)c(C)cc21. The maximum Gasteiger partial charge on any atom is 0.282 e. The fourth-order valence-electron chi connectivity index (χ4n) is 3.30. The summed E-state index contributed by atoms with van der Waals surface area (Å²) in [6.07, 6.45) is 0. The summed E-state index contributed by atoms with van der Waals surface area (Å²) in [4.78, 5) is 30.3. The van der Waals surface area contributed by atoms with Crippen LogP contribution in [0.2, 0.25) is 0 Å². The Labute approximate surface area is 174 Å². The van der Waals surface area contributed by atoms with Crippen LogP contribution in [0.25, 0.3) is 11.0 Å². The number of carbonyl (C=O) groups is 1. The summed E-state index contributed by atoms with van der Waals surface area (Å²) in [7, 11) is 4.46. The van der Waals surface area contributed by atoms with E-state index in [1.54, 1.807) is 16.7 Å². The monoisotopic (exact) mass is 411 g/mol. The van der Waals surface area contributed by atoms with Gasteiger partial charge in [-0.05, 0) is 44.0 Å². The molecule has 158 valence electrons. The molecule has 0 spiro atoms. The summed E-state index contributed by atoms with van der Waals surface area (Å²) in [6, 6.07) is 6.98. The van der Waals surface area contributed by atoms with Crippen LogP contribution in [0.5, 0.6) is 17.2 Å². The average Bonchev–Trinajstić information content (AvgIpc) is 2.73. The van der Waals surface area contributed by atoms with Crippen molar-refractivity contribution in [3.05, 3.63) is 51.4 Å². The first kappa shape index (κ1) is 21.2. The lowest BCUT2D eigenvalue weighted by atomic mass is 10.1. The Morgan fingerprint density at radius 1 is 1.00 bits per heavy atom. The third-order valence-electron chi connectivity index (χ3n) is 5.02. The van der Waals surface area contributed by atoms with Gasteiger partial charge in [0.15, 0.2) is 17.2 Å². The minimum atomic E-state index is -0.614. The van der Waals surface area contributed by atoms with Crippen molar-refractivity contribution in [2.24, 2.45) is 0 Å². The number of nitrogens with zero attached hydrogens (tertiary/aromatic N) is 2. The van der Waals surface area contributed by atoms with Gasteiger partial charge in [-0.1, -0.05) is 0 Å². The van der Waals surface area contributed by atoms with Crippen molar-refractivity contribution < 1.29 is 19.0 Å². The Kier molecular flexibility index (Phi) is 5.96. The number of hydrogen-bond acceptors (Lipinski definition) is 6. The van der Waals surface area contributed by atoms with Crippen molar-refractivity contribution in [3.63, 3.8) is 0 Å². The van der Waals surface area contributed by atoms with Crippen molar-refractivity contribution in [1.29, 1.82) is 0 Å². The zero-order valence-corrected chi connectivity index (χ0v) is 18.0. The molecular formula is C22H25N3O5. The van der Waals surface area contributed by atoms with Crippen molar-refractivity contribution >= 4 is 22.6 Å². The summed E-state index contributed by atoms with van der Waals surface area (Å²) in [5.74, 6) is 0.559. The third kappa shape index (κ3) is 3.68. The lowest BCUT2D eigenvalue weighted by Gasteiger charge is -2.15. The van der Waals surface area contributed by atoms with Gasteiger partial charge in [-0.2, -0.15) is 0 Å². The van der Waals surface area contributed by atoms with E-state index in [0.29, 0.717) is 40.5 Å². The molecule has 3 aromatic rings. The Bertz CT molecular complexity index is 1160. The predicted molar refractivity (Wildman–Crippen MR) is 115 cm³/mol. The normalized spacial score (nSPS) is 10.7. The Hall–Kier alpha value is -3.55. The van der Waals surface area contributed by atoms with E-state index in [4.69, 9.17) is 14.2 Å². The number of nitrogens with one attached hydrogen (secondary N) is 1. The van der Waals surface area contributed by atoms with Gasteiger partial charge in [0.1, 0.15) is 0 Å². The highest BCUT2D eigenvalue weighted by Crippen LogP contribution is 2.40. The van der Waals surface area contributed by atoms with E-state index in [9.17, 15) is 9.59 Å². The zero-order valence-electron chi connectivity index (χ0n) is 18.0. The molecule has 3 rings (SSSR count). The number of amides is 1. The van der Waals surface area contributed by atoms with Gasteiger partial charge in [-0.15, -0.1) is 0 Å². The van der Waals surface area contributed by atoms with Gasteiger partial charge >= 0.3 is 0 Å². The van der Waals surface area contributed by atoms with Crippen LogP contribution in [0.3, 0.4) is 0 Å². The second-order valence-electron chi connectivity index (χ2n) is 6.80. The third-order valence-corrected chi connectivity index (χ3v) is 5.02. The number of aromatic nitrogens is 2. The minimum Gasteiger partial charge on any atom is -0.493 e. The van der Waals surface area contributed by atoms with Crippen LogP contribution >= 0.6 is 0 Å². The summed E-state index contributed by atoms with van der Waals surface area (Å²) < 4.78 is 17.5. The number of fused-ring (bicyclic) bond motifs is 1. The highest BCUT2D eigenvalue weighted by atomic mass is 16.5. The fourth-order valence-corrected chi connectivity index (χ4v) is 3.30. The molecule has 0 radical (unpaired) electrons. The number of carbonyl (C=O) groups excluding carboxylic acids is 1. The number of rotatable bonds is 6. The van der Waals surface area contributed by atoms with Crippen LogP contribution < -0.4 is 25.1 Å². The van der Waals surface area contributed by atoms with Gasteiger partial charge in [-0.25, -0.2) is 4.98 Å². The number of aryl methyl sites for hydroxylation is 3. The lowest BCUT2D eigenvalue weighted by Crippen LogP contribution is -2.31. The van der Waals surface area contributed by atoms with Crippen LogP contribution in [0.1, 0.15) is 28.5 Å². The Balaban J connectivity index is 2.09. The minimum absolute atomic E-state index is 0.179. The first-order chi connectivity index (χ1) is 14.3. The molecule has 0 aliphatic carbocycles. The first-order valence-electron chi connectivity index (χ1n) is 9.47. The molecule has 2 aromatic carbocycles. The quantitative estimate of drug-likeness (QED) is 0.669. The topological polar surface area (TPSA) is 91.7 Å². The van der Waals surface area contributed by atoms with Crippen molar-refractivity contribution in [3.8, 4) is 17.2 Å². The van der Waals surface area contributed by atoms with Crippen LogP contribution in [-0.2, 0) is 6.54 Å². The van der Waals surface area contributed by atoms with Crippen molar-refractivity contribution in [2.45, 2.75) is 27.3 Å². The summed E-state index contributed by atoms with van der Waals surface area (Å²) in [6.45, 7) is 6.22. The summed E-state index contributed by atoms with van der Waals surface area (Å²) in [5.41, 5.74) is 3.15. The van der Waals surface area contributed by atoms with E-state index in [1.807, 2.05) is 32.9 Å². The molecule has 0 saturated carbocycles. The molecule has 0 saturated heterocycles. The molecule has 0 bridgehead atoms. The van der Waals surface area contributed by atoms with E-state index in [2.05, 4.69) is 10.3 Å². The van der Waals surface area contributed by atoms with E-state index in [-0.39, 0.29) is 5.69 Å². The van der Waals surface area contributed by atoms with E-state index in [0.717, 1.165) is 11.1 Å². The van der Waals surface area contributed by atoms with Gasteiger partial charge in [0, 0.05) is 24.4 Å². The van der Waals surface area contributed by atoms with Gasteiger partial charge in [0.25, 0.3) is 11.5 Å². The lowest BCUT2D eigenvalue weighted by molar-refractivity contribution is 0.102. The molecule has 0 fully saturated rings. The standard InChI is InChI=1S/C22H25N3O5/c1-7-25-16-9-13(3)12(2)8-15(16)24-19(22(25)27)21(26)23-14-10-17(28-4)20(30-6)18(11-14)29-5/h8-11H,7H2,1-6H3,(H,23,26). The molecule has 8 heteroatoms. The van der Waals surface area contributed by atoms with Crippen LogP contribution in [0.15, 0.2) is 29.1 Å². The molecule has 1 heterocycles.